The van der Waals surface area contributed by atoms with E-state index < -0.39 is 81.4 Å². The van der Waals surface area contributed by atoms with E-state index in [2.05, 4.69) is 5.11 Å². The van der Waals surface area contributed by atoms with E-state index in [1.54, 1.807) is 0 Å². The van der Waals surface area contributed by atoms with Crippen molar-refractivity contribution in [1.29, 1.82) is 0 Å². The molecular weight excluding hydrogens is 388 g/mol. The first-order valence-electron chi connectivity index (χ1n) is 8.49. The molecule has 28 heavy (non-hydrogen) atoms. The molecule has 0 spiro atoms. The molecule has 0 radical (unpaired) electrons. The summed E-state index contributed by atoms with van der Waals surface area (Å²) < 4.78 is 20.8. The Morgan fingerprint density at radius 3 is 1.86 bits per heavy atom. The second-order valence-corrected chi connectivity index (χ2v) is 6.45. The summed E-state index contributed by atoms with van der Waals surface area (Å²) in [5, 5.41) is 82.5. The summed E-state index contributed by atoms with van der Waals surface area (Å²) in [6, 6.07) is 0. The maximum Gasteiger partial charge on any atom is 0.203 e. The lowest BCUT2D eigenvalue weighted by molar-refractivity contribution is -0.505. The summed E-state index contributed by atoms with van der Waals surface area (Å²) >= 11 is 0. The molecule has 0 unspecified atom stereocenters. The van der Waals surface area contributed by atoms with Gasteiger partial charge in [0, 0.05) is 0 Å². The third-order valence-electron chi connectivity index (χ3n) is 4.44. The molecule has 0 aromatic rings. The molecule has 0 aromatic heterocycles. The van der Waals surface area contributed by atoms with Gasteiger partial charge in [-0.3, -0.25) is 0 Å². The van der Waals surface area contributed by atoms with Crippen LogP contribution in [-0.2, 0) is 18.9 Å². The van der Waals surface area contributed by atoms with Gasteiger partial charge < -0.3 is 59.9 Å². The highest BCUT2D eigenvalue weighted by atomic mass is 16.7. The molecule has 0 aliphatic carbocycles. The average Bonchev–Trinajstić information content (AvgIpc) is 2.66. The molecule has 2 fully saturated rings. The molecule has 7 N–H and O–H groups in total. The number of ether oxygens (including phenoxy) is 4. The molecule has 2 heterocycles. The van der Waals surface area contributed by atoms with E-state index in [0.717, 1.165) is 7.05 Å². The molecule has 164 valence electrons. The largest absolute Gasteiger partial charge is 0.600 e. The van der Waals surface area contributed by atoms with Gasteiger partial charge in [0.15, 0.2) is 19.6 Å². The Hall–Kier alpha value is -1.04. The predicted octanol–water partition coefficient (Wildman–Crippen LogP) is -4.82. The molecule has 14 heteroatoms. The van der Waals surface area contributed by atoms with Crippen LogP contribution < -0.4 is 0 Å². The molecule has 0 amide bonds. The average molecular weight is 414 g/mol. The van der Waals surface area contributed by atoms with Gasteiger partial charge in [-0.2, -0.15) is 0 Å². The molecular formula is C14H26N2O12. The molecule has 14 nitrogen and oxygen atoms in total. The second kappa shape index (κ2) is 10.1. The van der Waals surface area contributed by atoms with Crippen molar-refractivity contribution in [1.82, 2.24) is 0 Å². The smallest absolute Gasteiger partial charge is 0.203 e. The van der Waals surface area contributed by atoms with Gasteiger partial charge in [-0.25, -0.2) is 0 Å². The van der Waals surface area contributed by atoms with E-state index in [-0.39, 0.29) is 4.86 Å². The van der Waals surface area contributed by atoms with Gasteiger partial charge in [-0.05, 0) is 5.11 Å². The fraction of sp³-hybridized carbons (Fsp3) is 1.00. The summed E-state index contributed by atoms with van der Waals surface area (Å²) in [6.45, 7) is -1.61. The summed E-state index contributed by atoms with van der Waals surface area (Å²) in [6.07, 6.45) is -15.1. The van der Waals surface area contributed by atoms with Gasteiger partial charge in [0.05, 0.1) is 13.2 Å². The first kappa shape index (κ1) is 23.2. The number of aliphatic hydroxyl groups excluding tert-OH is 7. The second-order valence-electron chi connectivity index (χ2n) is 6.45. The van der Waals surface area contributed by atoms with Crippen LogP contribution in [0.15, 0.2) is 5.11 Å². The third kappa shape index (κ3) is 5.31. The summed E-state index contributed by atoms with van der Waals surface area (Å²) in [4.78, 5) is 0.222. The normalized spacial score (nSPS) is 45.2. The highest BCUT2D eigenvalue weighted by Crippen LogP contribution is 2.25. The minimum Gasteiger partial charge on any atom is -0.600 e. The monoisotopic (exact) mass is 414 g/mol. The Morgan fingerprint density at radius 2 is 1.32 bits per heavy atom. The first-order valence-corrected chi connectivity index (χ1v) is 8.49. The Morgan fingerprint density at radius 1 is 0.821 bits per heavy atom. The number of hydroxylamine groups is 1. The molecule has 0 saturated carbocycles. The van der Waals surface area contributed by atoms with Crippen LogP contribution in [0.4, 0.5) is 0 Å². The number of aliphatic hydroxyl groups is 7. The molecule has 0 aromatic carbocycles. The van der Waals surface area contributed by atoms with Crippen molar-refractivity contribution in [2.45, 2.75) is 61.4 Å². The Bertz CT molecular complexity index is 519. The molecule has 2 rings (SSSR count). The highest BCUT2D eigenvalue weighted by Gasteiger charge is 2.47. The molecule has 10 atom stereocenters. The lowest BCUT2D eigenvalue weighted by atomic mass is 9.98. The molecule has 2 aliphatic rings. The first-order chi connectivity index (χ1) is 13.2. The number of nitrogens with zero attached hydrogens (tertiary/aromatic N) is 2. The van der Waals surface area contributed by atoms with Gasteiger partial charge >= 0.3 is 0 Å². The van der Waals surface area contributed by atoms with Crippen molar-refractivity contribution >= 4 is 0 Å². The van der Waals surface area contributed by atoms with Crippen molar-refractivity contribution in [2.24, 2.45) is 5.11 Å². The van der Waals surface area contributed by atoms with Crippen molar-refractivity contribution in [2.75, 3.05) is 27.0 Å². The van der Waals surface area contributed by atoms with Crippen LogP contribution in [0.25, 0.3) is 0 Å². The predicted molar refractivity (Wildman–Crippen MR) is 84.3 cm³/mol. The zero-order valence-electron chi connectivity index (χ0n) is 15.0. The summed E-state index contributed by atoms with van der Waals surface area (Å²) in [5.74, 6) is 0. The van der Waals surface area contributed by atoms with E-state index in [4.69, 9.17) is 24.1 Å². The number of hydrogen-bond donors (Lipinski definition) is 7. The third-order valence-corrected chi connectivity index (χ3v) is 4.44. The van der Waals surface area contributed by atoms with E-state index in [1.165, 1.54) is 0 Å². The van der Waals surface area contributed by atoms with Crippen molar-refractivity contribution < 1.29 is 59.6 Å². The van der Waals surface area contributed by atoms with Gasteiger partial charge in [-0.15, -0.1) is 0 Å². The highest BCUT2D eigenvalue weighted by molar-refractivity contribution is 4.91. The Labute approximate surface area is 159 Å². The molecule has 2 aliphatic heterocycles. The van der Waals surface area contributed by atoms with Crippen molar-refractivity contribution in [3.05, 3.63) is 5.21 Å². The SMILES string of the molecule is C[N+]([O-])=NCO[C@@H]1O[C@H](CO[C@@H]2O[C@H](CO)[C@H](O)[C@@H](O)[C@H]2O)[C@@H](O)[C@H](O)[C@H]1O. The molecule has 2 saturated heterocycles. The number of rotatable bonds is 7. The quantitative estimate of drug-likeness (QED) is 0.119. The van der Waals surface area contributed by atoms with Gasteiger partial charge in [0.25, 0.3) is 0 Å². The van der Waals surface area contributed by atoms with Crippen LogP contribution in [0.5, 0.6) is 0 Å². The lowest BCUT2D eigenvalue weighted by Gasteiger charge is -2.42. The Kier molecular flexibility index (Phi) is 8.41. The topological polar surface area (TPSA) is 217 Å². The maximum absolute atomic E-state index is 10.7. The van der Waals surface area contributed by atoms with Crippen molar-refractivity contribution in [3.63, 3.8) is 0 Å². The summed E-state index contributed by atoms with van der Waals surface area (Å²) in [7, 11) is 1.11. The minimum absolute atomic E-state index is 0.222. The Balaban J connectivity index is 1.96. The van der Waals surface area contributed by atoms with E-state index in [1.807, 2.05) is 0 Å². The molecule has 0 bridgehead atoms. The summed E-state index contributed by atoms with van der Waals surface area (Å²) in [5.41, 5.74) is 0. The minimum atomic E-state index is -1.67. The standard InChI is InChI=1S/C14H26N2O12/c1-16(24)15-4-26-14-12(23)10(21)8(19)6(28-14)3-25-13-11(22)9(20)7(18)5(2-17)27-13/h5-14,17-23H,2-4H2,1H3/t5-,6-,7+,8-,9-,10+,11-,12-,13-,14-/m1/s1. The maximum atomic E-state index is 10.7. The number of azo groups is 1. The number of hydrogen-bond acceptors (Lipinski definition) is 13. The van der Waals surface area contributed by atoms with Crippen LogP contribution in [-0.4, -0.2) is 129 Å². The lowest BCUT2D eigenvalue weighted by Crippen LogP contribution is -2.61. The van der Waals surface area contributed by atoms with Gasteiger partial charge in [0.2, 0.25) is 6.73 Å². The zero-order valence-corrected chi connectivity index (χ0v) is 15.0. The van der Waals surface area contributed by atoms with Crippen LogP contribution in [0, 0.1) is 5.21 Å². The van der Waals surface area contributed by atoms with E-state index in [9.17, 15) is 35.8 Å². The van der Waals surface area contributed by atoms with E-state index in [0.29, 0.717) is 0 Å². The van der Waals surface area contributed by atoms with Gasteiger partial charge in [-0.1, -0.05) is 4.86 Å². The van der Waals surface area contributed by atoms with Crippen LogP contribution in [0.2, 0.25) is 0 Å². The van der Waals surface area contributed by atoms with Crippen LogP contribution >= 0.6 is 0 Å². The van der Waals surface area contributed by atoms with Crippen LogP contribution in [0.1, 0.15) is 0 Å². The van der Waals surface area contributed by atoms with Crippen LogP contribution in [0.3, 0.4) is 0 Å². The zero-order chi connectivity index (χ0) is 21.0. The fourth-order valence-electron chi connectivity index (χ4n) is 2.77. The van der Waals surface area contributed by atoms with E-state index >= 15 is 0 Å². The fourth-order valence-corrected chi connectivity index (χ4v) is 2.77. The van der Waals surface area contributed by atoms with Crippen molar-refractivity contribution in [3.8, 4) is 0 Å². The van der Waals surface area contributed by atoms with Gasteiger partial charge in [0.1, 0.15) is 48.8 Å².